The van der Waals surface area contributed by atoms with Gasteiger partial charge in [0.2, 0.25) is 0 Å². The first-order valence-electron chi connectivity index (χ1n) is 5.36. The summed E-state index contributed by atoms with van der Waals surface area (Å²) in [5.41, 5.74) is 2.63. The average molecular weight is 200 g/mol. The van der Waals surface area contributed by atoms with Crippen LogP contribution < -0.4 is 0 Å². The van der Waals surface area contributed by atoms with Crippen molar-refractivity contribution in [3.63, 3.8) is 0 Å². The minimum atomic E-state index is 0.468. The maximum Gasteiger partial charge on any atom is 0.0687 e. The lowest BCUT2D eigenvalue weighted by atomic mass is 10.00. The lowest BCUT2D eigenvalue weighted by Crippen LogP contribution is -1.96. The van der Waals surface area contributed by atoms with Crippen LogP contribution in [0, 0.1) is 5.92 Å². The number of hydrogen-bond donors (Lipinski definition) is 0. The van der Waals surface area contributed by atoms with E-state index in [0.29, 0.717) is 5.92 Å². The van der Waals surface area contributed by atoms with E-state index in [0.717, 1.165) is 13.2 Å². The third kappa shape index (κ3) is 2.57. The van der Waals surface area contributed by atoms with Gasteiger partial charge in [0.15, 0.2) is 0 Å². The van der Waals surface area contributed by atoms with Crippen LogP contribution >= 0.6 is 0 Å². The summed E-state index contributed by atoms with van der Waals surface area (Å²) in [4.78, 5) is 0. The third-order valence-electron chi connectivity index (χ3n) is 2.62. The number of rotatable bonds is 2. The summed E-state index contributed by atoms with van der Waals surface area (Å²) >= 11 is 0. The van der Waals surface area contributed by atoms with Gasteiger partial charge in [-0.25, -0.2) is 0 Å². The van der Waals surface area contributed by atoms with Crippen molar-refractivity contribution in [3.8, 4) is 0 Å². The highest BCUT2D eigenvalue weighted by atomic mass is 16.5. The maximum atomic E-state index is 5.47. The molecule has 0 aromatic heterocycles. The third-order valence-corrected chi connectivity index (χ3v) is 2.62. The van der Waals surface area contributed by atoms with E-state index in [1.54, 1.807) is 0 Å². The highest BCUT2D eigenvalue weighted by Crippen LogP contribution is 2.23. The number of ether oxygens (including phenoxy) is 1. The van der Waals surface area contributed by atoms with E-state index in [9.17, 15) is 0 Å². The molecule has 0 unspecified atom stereocenters. The Balaban J connectivity index is 2.19. The van der Waals surface area contributed by atoms with E-state index >= 15 is 0 Å². The molecule has 1 aromatic rings. The molecule has 1 nitrogen and oxygen atoms in total. The van der Waals surface area contributed by atoms with Crippen LogP contribution in [-0.2, 0) is 4.74 Å². The summed E-state index contributed by atoms with van der Waals surface area (Å²) < 4.78 is 5.47. The van der Waals surface area contributed by atoms with Crippen molar-refractivity contribution in [3.05, 3.63) is 53.6 Å². The topological polar surface area (TPSA) is 9.23 Å². The Kier molecular flexibility index (Phi) is 3.36. The summed E-state index contributed by atoms with van der Waals surface area (Å²) in [7, 11) is 0. The van der Waals surface area contributed by atoms with E-state index in [1.807, 2.05) is 6.07 Å². The van der Waals surface area contributed by atoms with Gasteiger partial charge in [-0.05, 0) is 18.1 Å². The minimum Gasteiger partial charge on any atom is -0.376 e. The molecule has 1 aliphatic heterocycles. The largest absolute Gasteiger partial charge is 0.376 e. The second-order valence-corrected chi connectivity index (χ2v) is 3.78. The van der Waals surface area contributed by atoms with Crippen LogP contribution in [0.15, 0.2) is 48.1 Å². The highest BCUT2D eigenvalue weighted by Gasteiger charge is 2.18. The molecule has 0 N–H and O–H groups in total. The molecule has 0 bridgehead atoms. The monoisotopic (exact) mass is 200 g/mol. The quantitative estimate of drug-likeness (QED) is 0.666. The minimum absolute atomic E-state index is 0.468. The van der Waals surface area contributed by atoms with Crippen molar-refractivity contribution >= 4 is 6.08 Å². The van der Waals surface area contributed by atoms with Crippen molar-refractivity contribution in [2.45, 2.75) is 6.92 Å². The van der Waals surface area contributed by atoms with Crippen LogP contribution in [0.5, 0.6) is 0 Å². The van der Waals surface area contributed by atoms with Crippen LogP contribution in [0.3, 0.4) is 0 Å². The Morgan fingerprint density at radius 3 is 2.80 bits per heavy atom. The first-order valence-corrected chi connectivity index (χ1v) is 5.36. The average Bonchev–Trinajstić information content (AvgIpc) is 2.68. The molecule has 0 saturated carbocycles. The van der Waals surface area contributed by atoms with Crippen LogP contribution in [0.4, 0.5) is 0 Å². The molecule has 15 heavy (non-hydrogen) atoms. The summed E-state index contributed by atoms with van der Waals surface area (Å²) in [5.74, 6) is 0.468. The van der Waals surface area contributed by atoms with Crippen molar-refractivity contribution in [1.82, 2.24) is 0 Å². The van der Waals surface area contributed by atoms with E-state index in [1.165, 1.54) is 11.1 Å². The Morgan fingerprint density at radius 2 is 2.07 bits per heavy atom. The zero-order valence-corrected chi connectivity index (χ0v) is 9.02. The molecule has 0 radical (unpaired) electrons. The fourth-order valence-corrected chi connectivity index (χ4v) is 1.84. The van der Waals surface area contributed by atoms with Gasteiger partial charge >= 0.3 is 0 Å². The van der Waals surface area contributed by atoms with E-state index in [2.05, 4.69) is 49.4 Å². The fraction of sp³-hybridized carbons (Fsp3) is 0.286. The van der Waals surface area contributed by atoms with Crippen LogP contribution in [-0.4, -0.2) is 13.2 Å². The molecule has 1 heteroatoms. The van der Waals surface area contributed by atoms with Gasteiger partial charge in [0.25, 0.3) is 0 Å². The molecule has 1 atom stereocenters. The molecule has 1 heterocycles. The van der Waals surface area contributed by atoms with Gasteiger partial charge < -0.3 is 4.74 Å². The number of hydrogen-bond acceptors (Lipinski definition) is 1. The number of allylic oxidation sites excluding steroid dienone is 1. The Labute approximate surface area is 91.1 Å². The van der Waals surface area contributed by atoms with Crippen molar-refractivity contribution in [1.29, 1.82) is 0 Å². The summed E-state index contributed by atoms with van der Waals surface area (Å²) in [6.45, 7) is 3.64. The Bertz CT molecular complexity index is 362. The molecule has 1 aromatic carbocycles. The van der Waals surface area contributed by atoms with Crippen molar-refractivity contribution < 1.29 is 4.74 Å². The first kappa shape index (κ1) is 10.2. The highest BCUT2D eigenvalue weighted by molar-refractivity contribution is 5.54. The molecule has 1 fully saturated rings. The van der Waals surface area contributed by atoms with Crippen molar-refractivity contribution in [2.75, 3.05) is 13.2 Å². The molecule has 1 saturated heterocycles. The molecule has 0 aliphatic carbocycles. The Hall–Kier alpha value is -1.34. The van der Waals surface area contributed by atoms with Gasteiger partial charge in [-0.1, -0.05) is 48.6 Å². The van der Waals surface area contributed by atoms with Gasteiger partial charge in [-0.2, -0.15) is 0 Å². The molecular formula is C14H16O. The standard InChI is InChI=1S/C14H16O/c1-2-6-13-10-15-11-14(13)9-12-7-4-3-5-8-12/h2-9,13H,10-11H2,1H3/b6-2+,14-9-/t13-/m1/s1. The maximum absolute atomic E-state index is 5.47. The van der Waals surface area contributed by atoms with E-state index in [4.69, 9.17) is 4.74 Å². The SMILES string of the molecule is C/C=C/[C@@H]1COC/C1=C/c1ccccc1. The predicted molar refractivity (Wildman–Crippen MR) is 63.5 cm³/mol. The van der Waals surface area contributed by atoms with E-state index in [-0.39, 0.29) is 0 Å². The second kappa shape index (κ2) is 4.94. The molecule has 0 amide bonds. The number of benzene rings is 1. The van der Waals surface area contributed by atoms with Gasteiger partial charge in [0, 0.05) is 5.92 Å². The summed E-state index contributed by atoms with van der Waals surface area (Å²) in [6.07, 6.45) is 6.54. The normalized spacial score (nSPS) is 24.1. The van der Waals surface area contributed by atoms with Gasteiger partial charge in [0.1, 0.15) is 0 Å². The van der Waals surface area contributed by atoms with Gasteiger partial charge in [-0.15, -0.1) is 0 Å². The summed E-state index contributed by atoms with van der Waals surface area (Å²) in [5, 5.41) is 0. The fourth-order valence-electron chi connectivity index (χ4n) is 1.84. The van der Waals surface area contributed by atoms with Crippen LogP contribution in [0.1, 0.15) is 12.5 Å². The zero-order valence-electron chi connectivity index (χ0n) is 9.02. The molecular weight excluding hydrogens is 184 g/mol. The van der Waals surface area contributed by atoms with Crippen LogP contribution in [0.2, 0.25) is 0 Å². The molecule has 2 rings (SSSR count). The van der Waals surface area contributed by atoms with Crippen LogP contribution in [0.25, 0.3) is 6.08 Å². The second-order valence-electron chi connectivity index (χ2n) is 3.78. The molecule has 1 aliphatic rings. The summed E-state index contributed by atoms with van der Waals surface area (Å²) in [6, 6.07) is 10.4. The van der Waals surface area contributed by atoms with Gasteiger partial charge in [-0.3, -0.25) is 0 Å². The van der Waals surface area contributed by atoms with E-state index < -0.39 is 0 Å². The molecule has 0 spiro atoms. The Morgan fingerprint density at radius 1 is 1.27 bits per heavy atom. The smallest absolute Gasteiger partial charge is 0.0687 e. The zero-order chi connectivity index (χ0) is 10.5. The van der Waals surface area contributed by atoms with Crippen molar-refractivity contribution in [2.24, 2.45) is 5.92 Å². The lowest BCUT2D eigenvalue weighted by molar-refractivity contribution is 0.195. The first-order chi connectivity index (χ1) is 7.40. The lowest BCUT2D eigenvalue weighted by Gasteiger charge is -2.03. The molecule has 78 valence electrons. The van der Waals surface area contributed by atoms with Gasteiger partial charge in [0.05, 0.1) is 13.2 Å². The predicted octanol–water partition coefficient (Wildman–Crippen LogP) is 3.29.